The number of halogens is 2. The monoisotopic (exact) mass is 261 g/mol. The average molecular weight is 262 g/mol. The average Bonchev–Trinajstić information content (AvgIpc) is 2.11. The van der Waals surface area contributed by atoms with Crippen LogP contribution in [0, 0.1) is 5.82 Å². The van der Waals surface area contributed by atoms with Gasteiger partial charge in [-0.25, -0.2) is 4.39 Å². The van der Waals surface area contributed by atoms with E-state index in [9.17, 15) is 14.0 Å². The van der Waals surface area contributed by atoms with Crippen LogP contribution in [0.5, 0.6) is 0 Å². The lowest BCUT2D eigenvalue weighted by atomic mass is 10.3. The van der Waals surface area contributed by atoms with Crippen molar-refractivity contribution < 1.29 is 14.0 Å². The fraction of sp³-hybridized carbons (Fsp3) is 0.200. The second-order valence-corrected chi connectivity index (χ2v) is 4.66. The molecule has 0 aromatic heterocycles. The smallest absolute Gasteiger partial charge is 0.221 e. The third-order valence-corrected chi connectivity index (χ3v) is 2.86. The second kappa shape index (κ2) is 5.32. The normalized spacial score (nSPS) is 10.0. The zero-order chi connectivity index (χ0) is 12.3. The fourth-order valence-electron chi connectivity index (χ4n) is 1.05. The highest BCUT2D eigenvalue weighted by atomic mass is 35.5. The Bertz CT molecular complexity index is 413. The van der Waals surface area contributed by atoms with Crippen LogP contribution in [-0.4, -0.2) is 11.0 Å². The number of hydrogen-bond donors (Lipinski definition) is 1. The molecule has 0 spiro atoms. The number of benzene rings is 1. The van der Waals surface area contributed by atoms with Gasteiger partial charge in [0.15, 0.2) is 5.12 Å². The van der Waals surface area contributed by atoms with Gasteiger partial charge in [0.25, 0.3) is 0 Å². The molecular weight excluding hydrogens is 253 g/mol. The molecule has 0 saturated carbocycles. The Kier molecular flexibility index (Phi) is 4.32. The van der Waals surface area contributed by atoms with E-state index in [-0.39, 0.29) is 21.7 Å². The maximum absolute atomic E-state index is 13.3. The molecular formula is C10H9ClFNO2S. The van der Waals surface area contributed by atoms with Gasteiger partial charge in [-0.15, -0.1) is 0 Å². The lowest BCUT2D eigenvalue weighted by Gasteiger charge is -2.07. The number of carbonyl (C=O) groups is 2. The van der Waals surface area contributed by atoms with Crippen molar-refractivity contribution in [3.63, 3.8) is 0 Å². The molecule has 0 radical (unpaired) electrons. The van der Waals surface area contributed by atoms with Crippen LogP contribution >= 0.6 is 23.4 Å². The van der Waals surface area contributed by atoms with E-state index in [1.807, 2.05) is 0 Å². The molecule has 1 rings (SSSR count). The Labute approximate surface area is 101 Å². The number of hydrogen-bond acceptors (Lipinski definition) is 3. The van der Waals surface area contributed by atoms with Crippen molar-refractivity contribution >= 4 is 40.1 Å². The van der Waals surface area contributed by atoms with Crippen LogP contribution in [-0.2, 0) is 9.59 Å². The maximum Gasteiger partial charge on any atom is 0.221 e. The van der Waals surface area contributed by atoms with E-state index in [1.165, 1.54) is 19.9 Å². The summed E-state index contributed by atoms with van der Waals surface area (Å²) in [5.41, 5.74) is 0.0145. The van der Waals surface area contributed by atoms with E-state index in [4.69, 9.17) is 11.6 Å². The standard InChI is InChI=1S/C10H9ClFNO2S/c1-5(14)13-9-4-10(16-6(2)15)7(11)3-8(9)12/h3-4H,1-2H3,(H,13,14). The molecule has 0 unspecified atom stereocenters. The highest BCUT2D eigenvalue weighted by Gasteiger charge is 2.11. The number of thioether (sulfide) groups is 1. The fourth-order valence-corrected chi connectivity index (χ4v) is 1.96. The molecule has 6 heteroatoms. The Morgan fingerprint density at radius 3 is 2.50 bits per heavy atom. The van der Waals surface area contributed by atoms with Crippen molar-refractivity contribution in [1.29, 1.82) is 0 Å². The van der Waals surface area contributed by atoms with Crippen molar-refractivity contribution in [1.82, 2.24) is 0 Å². The predicted octanol–water partition coefficient (Wildman–Crippen LogP) is 3.08. The Morgan fingerprint density at radius 2 is 2.00 bits per heavy atom. The molecule has 0 aliphatic carbocycles. The molecule has 0 aliphatic heterocycles. The minimum absolute atomic E-state index is 0.0145. The summed E-state index contributed by atoms with van der Waals surface area (Å²) in [5.74, 6) is -1.02. The van der Waals surface area contributed by atoms with Crippen molar-refractivity contribution in [2.45, 2.75) is 18.7 Å². The molecule has 0 aliphatic rings. The first-order valence-corrected chi connectivity index (χ1v) is 5.54. The molecule has 0 fully saturated rings. The molecule has 0 saturated heterocycles. The largest absolute Gasteiger partial charge is 0.324 e. The van der Waals surface area contributed by atoms with Crippen LogP contribution < -0.4 is 5.32 Å². The summed E-state index contributed by atoms with van der Waals surface area (Å²) >= 11 is 6.64. The summed E-state index contributed by atoms with van der Waals surface area (Å²) in [4.78, 5) is 22.1. The molecule has 86 valence electrons. The van der Waals surface area contributed by atoms with Gasteiger partial charge in [0.2, 0.25) is 5.91 Å². The Morgan fingerprint density at radius 1 is 1.38 bits per heavy atom. The van der Waals surface area contributed by atoms with Crippen molar-refractivity contribution in [3.8, 4) is 0 Å². The summed E-state index contributed by atoms with van der Waals surface area (Å²) in [6.45, 7) is 2.65. The zero-order valence-electron chi connectivity index (χ0n) is 8.64. The quantitative estimate of drug-likeness (QED) is 0.832. The van der Waals surface area contributed by atoms with Crippen LogP contribution in [0.3, 0.4) is 0 Å². The van der Waals surface area contributed by atoms with Crippen LogP contribution in [0.15, 0.2) is 17.0 Å². The molecule has 3 nitrogen and oxygen atoms in total. The predicted molar refractivity (Wildman–Crippen MR) is 62.3 cm³/mol. The number of anilines is 1. The summed E-state index contributed by atoms with van der Waals surface area (Å²) in [5, 5.41) is 2.30. The third-order valence-electron chi connectivity index (χ3n) is 1.59. The molecule has 1 aromatic rings. The number of rotatable bonds is 2. The molecule has 0 bridgehead atoms. The molecule has 1 amide bonds. The zero-order valence-corrected chi connectivity index (χ0v) is 10.2. The van der Waals surface area contributed by atoms with Gasteiger partial charge in [0.1, 0.15) is 5.82 Å². The van der Waals surface area contributed by atoms with Crippen LogP contribution in [0.2, 0.25) is 5.02 Å². The third kappa shape index (κ3) is 3.50. The van der Waals surface area contributed by atoms with Crippen molar-refractivity contribution in [2.24, 2.45) is 0 Å². The highest BCUT2D eigenvalue weighted by molar-refractivity contribution is 8.13. The van der Waals surface area contributed by atoms with Gasteiger partial charge < -0.3 is 5.32 Å². The molecule has 1 aromatic carbocycles. The Hall–Kier alpha value is -1.07. The topological polar surface area (TPSA) is 46.2 Å². The van der Waals surface area contributed by atoms with Gasteiger partial charge in [0, 0.05) is 18.7 Å². The number of amides is 1. The van der Waals surface area contributed by atoms with Crippen molar-refractivity contribution in [3.05, 3.63) is 23.0 Å². The summed E-state index contributed by atoms with van der Waals surface area (Å²) in [6, 6.07) is 2.41. The maximum atomic E-state index is 13.3. The summed E-state index contributed by atoms with van der Waals surface area (Å²) in [6.07, 6.45) is 0. The Balaban J connectivity index is 3.10. The second-order valence-electron chi connectivity index (χ2n) is 3.04. The van der Waals surface area contributed by atoms with Crippen LogP contribution in [0.25, 0.3) is 0 Å². The molecule has 16 heavy (non-hydrogen) atoms. The van der Waals surface area contributed by atoms with E-state index in [0.29, 0.717) is 4.90 Å². The number of nitrogens with one attached hydrogen (secondary N) is 1. The van der Waals surface area contributed by atoms with Crippen LogP contribution in [0.1, 0.15) is 13.8 Å². The molecule has 1 N–H and O–H groups in total. The highest BCUT2D eigenvalue weighted by Crippen LogP contribution is 2.32. The first kappa shape index (κ1) is 13.0. The lowest BCUT2D eigenvalue weighted by molar-refractivity contribution is -0.114. The van der Waals surface area contributed by atoms with Gasteiger partial charge >= 0.3 is 0 Å². The first-order chi connectivity index (χ1) is 7.40. The van der Waals surface area contributed by atoms with Gasteiger partial charge in [-0.05, 0) is 12.1 Å². The van der Waals surface area contributed by atoms with E-state index in [2.05, 4.69) is 5.32 Å². The van der Waals surface area contributed by atoms with E-state index in [0.717, 1.165) is 17.8 Å². The summed E-state index contributed by atoms with van der Waals surface area (Å²) in [7, 11) is 0. The van der Waals surface area contributed by atoms with E-state index in [1.54, 1.807) is 0 Å². The van der Waals surface area contributed by atoms with Crippen molar-refractivity contribution in [2.75, 3.05) is 5.32 Å². The van der Waals surface area contributed by atoms with Gasteiger partial charge in [-0.3, -0.25) is 9.59 Å². The van der Waals surface area contributed by atoms with Gasteiger partial charge in [0.05, 0.1) is 10.7 Å². The van der Waals surface area contributed by atoms with Gasteiger partial charge in [-0.2, -0.15) is 0 Å². The van der Waals surface area contributed by atoms with Gasteiger partial charge in [-0.1, -0.05) is 23.4 Å². The first-order valence-electron chi connectivity index (χ1n) is 4.35. The van der Waals surface area contributed by atoms with Crippen LogP contribution in [0.4, 0.5) is 10.1 Å². The number of carbonyl (C=O) groups excluding carboxylic acids is 2. The summed E-state index contributed by atoms with van der Waals surface area (Å²) < 4.78 is 13.3. The molecule has 0 atom stereocenters. The lowest BCUT2D eigenvalue weighted by Crippen LogP contribution is -2.07. The SMILES string of the molecule is CC(=O)Nc1cc(SC(C)=O)c(Cl)cc1F. The molecule has 0 heterocycles. The van der Waals surface area contributed by atoms with E-state index >= 15 is 0 Å². The minimum Gasteiger partial charge on any atom is -0.324 e. The van der Waals surface area contributed by atoms with E-state index < -0.39 is 5.82 Å². The minimum atomic E-state index is -0.631.